The van der Waals surface area contributed by atoms with Crippen LogP contribution in [0.25, 0.3) is 0 Å². The van der Waals surface area contributed by atoms with Crippen LogP contribution in [-0.4, -0.2) is 17.4 Å². The molecule has 2 heterocycles. The summed E-state index contributed by atoms with van der Waals surface area (Å²) in [5.74, 6) is 1.52. The van der Waals surface area contributed by atoms with Crippen molar-refractivity contribution < 1.29 is 13.6 Å². The molecule has 0 unspecified atom stereocenters. The molecule has 0 bridgehead atoms. The minimum atomic E-state index is -0.0890. The number of benzene rings is 1. The lowest BCUT2D eigenvalue weighted by molar-refractivity contribution is -0.117. The van der Waals surface area contributed by atoms with Gasteiger partial charge in [0.25, 0.3) is 0 Å². The summed E-state index contributed by atoms with van der Waals surface area (Å²) >= 11 is 3.48. The number of nitrogens with zero attached hydrogens (tertiary/aromatic N) is 1. The Labute approximate surface area is 154 Å². The lowest BCUT2D eigenvalue weighted by Crippen LogP contribution is -2.32. The van der Waals surface area contributed by atoms with Gasteiger partial charge >= 0.3 is 0 Å². The highest BCUT2D eigenvalue weighted by molar-refractivity contribution is 9.10. The van der Waals surface area contributed by atoms with Crippen LogP contribution in [0.3, 0.4) is 0 Å². The van der Waals surface area contributed by atoms with Gasteiger partial charge in [-0.15, -0.1) is 0 Å². The summed E-state index contributed by atoms with van der Waals surface area (Å²) in [4.78, 5) is 14.4. The first-order chi connectivity index (χ1) is 12.1. The van der Waals surface area contributed by atoms with Crippen LogP contribution in [0, 0.1) is 6.92 Å². The van der Waals surface area contributed by atoms with Crippen LogP contribution in [0.1, 0.15) is 17.1 Å². The number of carbonyl (C=O) groups excluding carboxylic acids is 1. The Morgan fingerprint density at radius 2 is 1.72 bits per heavy atom. The van der Waals surface area contributed by atoms with E-state index in [-0.39, 0.29) is 12.5 Å². The zero-order valence-electron chi connectivity index (χ0n) is 13.9. The van der Waals surface area contributed by atoms with E-state index < -0.39 is 0 Å². The highest BCUT2D eigenvalue weighted by atomic mass is 79.9. The van der Waals surface area contributed by atoms with Gasteiger partial charge in [0.2, 0.25) is 5.91 Å². The molecule has 130 valence electrons. The predicted molar refractivity (Wildman–Crippen MR) is 99.0 cm³/mol. The molecule has 0 aliphatic heterocycles. The lowest BCUT2D eigenvalue weighted by atomic mass is 10.2. The minimum absolute atomic E-state index is 0.0890. The van der Waals surface area contributed by atoms with Gasteiger partial charge < -0.3 is 14.2 Å². The van der Waals surface area contributed by atoms with Crippen LogP contribution < -0.4 is 5.32 Å². The first kappa shape index (κ1) is 17.5. The molecular weight excluding hydrogens is 384 g/mol. The Morgan fingerprint density at radius 3 is 2.24 bits per heavy atom. The molecule has 25 heavy (non-hydrogen) atoms. The summed E-state index contributed by atoms with van der Waals surface area (Å²) in [6.45, 7) is 3.29. The SMILES string of the molecule is Cc1ccc(NC(=O)CN(Cc2ccco2)Cc2ccco2)cc1Br. The van der Waals surface area contributed by atoms with E-state index in [1.165, 1.54) is 0 Å². The highest BCUT2D eigenvalue weighted by Crippen LogP contribution is 2.20. The number of hydrogen-bond acceptors (Lipinski definition) is 4. The van der Waals surface area contributed by atoms with Crippen molar-refractivity contribution in [1.82, 2.24) is 4.90 Å². The molecular formula is C19H19BrN2O3. The fraction of sp³-hybridized carbons (Fsp3) is 0.211. The molecule has 3 rings (SSSR count). The quantitative estimate of drug-likeness (QED) is 0.627. The third-order valence-electron chi connectivity index (χ3n) is 3.74. The van der Waals surface area contributed by atoms with Gasteiger partial charge in [0.15, 0.2) is 0 Å². The van der Waals surface area contributed by atoms with Crippen LogP contribution in [0.2, 0.25) is 0 Å². The zero-order chi connectivity index (χ0) is 17.6. The fourth-order valence-electron chi connectivity index (χ4n) is 2.49. The van der Waals surface area contributed by atoms with Crippen molar-refractivity contribution in [3.63, 3.8) is 0 Å². The van der Waals surface area contributed by atoms with Gasteiger partial charge in [-0.05, 0) is 48.9 Å². The Balaban J connectivity index is 1.65. The number of rotatable bonds is 7. The Kier molecular flexibility index (Phi) is 5.73. The van der Waals surface area contributed by atoms with Crippen LogP contribution in [0.4, 0.5) is 5.69 Å². The monoisotopic (exact) mass is 402 g/mol. The third kappa shape index (κ3) is 5.08. The first-order valence-corrected chi connectivity index (χ1v) is 8.72. The molecule has 1 amide bonds. The molecule has 6 heteroatoms. The smallest absolute Gasteiger partial charge is 0.238 e. The van der Waals surface area contributed by atoms with Crippen LogP contribution >= 0.6 is 15.9 Å². The van der Waals surface area contributed by atoms with Gasteiger partial charge in [-0.25, -0.2) is 0 Å². The summed E-state index contributed by atoms with van der Waals surface area (Å²) in [6, 6.07) is 13.2. The van der Waals surface area contributed by atoms with Crippen molar-refractivity contribution in [2.45, 2.75) is 20.0 Å². The molecule has 0 spiro atoms. The summed E-state index contributed by atoms with van der Waals surface area (Å²) in [6.07, 6.45) is 3.26. The van der Waals surface area contributed by atoms with Crippen molar-refractivity contribution in [3.05, 3.63) is 76.5 Å². The standard InChI is InChI=1S/C19H19BrN2O3/c1-14-6-7-15(10-18(14)20)21-19(23)13-22(11-16-4-2-8-24-16)12-17-5-3-9-25-17/h2-10H,11-13H2,1H3,(H,21,23). The molecule has 0 aliphatic rings. The van der Waals surface area contributed by atoms with Crippen molar-refractivity contribution in [3.8, 4) is 0 Å². The first-order valence-electron chi connectivity index (χ1n) is 7.93. The Hall–Kier alpha value is -2.31. The molecule has 0 aliphatic carbocycles. The maximum atomic E-state index is 12.4. The topological polar surface area (TPSA) is 58.6 Å². The van der Waals surface area contributed by atoms with Gasteiger partial charge in [-0.2, -0.15) is 0 Å². The second-order valence-corrected chi connectivity index (χ2v) is 6.67. The van der Waals surface area contributed by atoms with Crippen molar-refractivity contribution in [1.29, 1.82) is 0 Å². The molecule has 3 aromatic rings. The van der Waals surface area contributed by atoms with Gasteiger partial charge in [0.05, 0.1) is 32.2 Å². The van der Waals surface area contributed by atoms with E-state index in [4.69, 9.17) is 8.83 Å². The summed E-state index contributed by atoms with van der Waals surface area (Å²) in [5.41, 5.74) is 1.88. The molecule has 0 radical (unpaired) electrons. The largest absolute Gasteiger partial charge is 0.468 e. The van der Waals surface area contributed by atoms with Crippen molar-refractivity contribution >= 4 is 27.5 Å². The number of aryl methyl sites for hydroxylation is 1. The molecule has 1 N–H and O–H groups in total. The van der Waals surface area contributed by atoms with E-state index in [1.807, 2.05) is 54.3 Å². The van der Waals surface area contributed by atoms with Crippen LogP contribution in [-0.2, 0) is 17.9 Å². The van der Waals surface area contributed by atoms with Crippen LogP contribution in [0.5, 0.6) is 0 Å². The number of furan rings is 2. The maximum absolute atomic E-state index is 12.4. The maximum Gasteiger partial charge on any atom is 0.238 e. The van der Waals surface area contributed by atoms with E-state index in [0.29, 0.717) is 13.1 Å². The number of carbonyl (C=O) groups is 1. The highest BCUT2D eigenvalue weighted by Gasteiger charge is 2.15. The Morgan fingerprint density at radius 1 is 1.08 bits per heavy atom. The van der Waals surface area contributed by atoms with Crippen molar-refractivity contribution in [2.24, 2.45) is 0 Å². The second-order valence-electron chi connectivity index (χ2n) is 5.82. The van der Waals surface area contributed by atoms with E-state index >= 15 is 0 Å². The molecule has 2 aromatic heterocycles. The predicted octanol–water partition coefficient (Wildman–Crippen LogP) is 4.58. The summed E-state index contributed by atoms with van der Waals surface area (Å²) < 4.78 is 11.8. The normalized spacial score (nSPS) is 11.0. The second kappa shape index (κ2) is 8.18. The summed E-state index contributed by atoms with van der Waals surface area (Å²) in [5, 5.41) is 2.93. The lowest BCUT2D eigenvalue weighted by Gasteiger charge is -2.19. The molecule has 5 nitrogen and oxygen atoms in total. The molecule has 0 fully saturated rings. The van der Waals surface area contributed by atoms with E-state index in [9.17, 15) is 4.79 Å². The fourth-order valence-corrected chi connectivity index (χ4v) is 2.87. The Bertz CT molecular complexity index is 777. The number of hydrogen-bond donors (Lipinski definition) is 1. The van der Waals surface area contributed by atoms with Crippen molar-refractivity contribution in [2.75, 3.05) is 11.9 Å². The number of nitrogens with one attached hydrogen (secondary N) is 1. The molecule has 1 aromatic carbocycles. The van der Waals surface area contributed by atoms with Gasteiger partial charge in [0.1, 0.15) is 11.5 Å². The average Bonchev–Trinajstić information content (AvgIpc) is 3.25. The van der Waals surface area contributed by atoms with Gasteiger partial charge in [-0.1, -0.05) is 22.0 Å². The molecule has 0 atom stereocenters. The number of halogens is 1. The summed E-state index contributed by atoms with van der Waals surface area (Å²) in [7, 11) is 0. The minimum Gasteiger partial charge on any atom is -0.468 e. The van der Waals surface area contributed by atoms with Gasteiger partial charge in [0, 0.05) is 10.2 Å². The zero-order valence-corrected chi connectivity index (χ0v) is 15.5. The number of amides is 1. The van der Waals surface area contributed by atoms with E-state index in [0.717, 1.165) is 27.2 Å². The molecule has 0 saturated heterocycles. The number of anilines is 1. The third-order valence-corrected chi connectivity index (χ3v) is 4.60. The van der Waals surface area contributed by atoms with Crippen LogP contribution in [0.15, 0.2) is 68.3 Å². The van der Waals surface area contributed by atoms with Gasteiger partial charge in [-0.3, -0.25) is 9.69 Å². The van der Waals surface area contributed by atoms with E-state index in [2.05, 4.69) is 21.2 Å². The molecule has 0 saturated carbocycles. The average molecular weight is 403 g/mol. The van der Waals surface area contributed by atoms with E-state index in [1.54, 1.807) is 12.5 Å².